The van der Waals surface area contributed by atoms with Crippen LogP contribution in [0.5, 0.6) is 0 Å². The number of methoxy groups -OCH3 is 1. The van der Waals surface area contributed by atoms with Crippen molar-refractivity contribution >= 4 is 29.6 Å². The van der Waals surface area contributed by atoms with Crippen LogP contribution in [0.4, 0.5) is 24.1 Å². The second-order valence-electron chi connectivity index (χ2n) is 11.5. The first-order chi connectivity index (χ1) is 21.5. The molecular weight excluding hydrogens is 588 g/mol. The molecule has 1 saturated heterocycles. The highest BCUT2D eigenvalue weighted by atomic mass is 19.2. The Balaban J connectivity index is 1.34. The third-order valence-corrected chi connectivity index (χ3v) is 8.00. The number of nitrogens with one attached hydrogen (secondary N) is 3. The van der Waals surface area contributed by atoms with Crippen LogP contribution < -0.4 is 16.0 Å². The van der Waals surface area contributed by atoms with E-state index in [1.54, 1.807) is 0 Å². The number of imide groups is 1. The van der Waals surface area contributed by atoms with Gasteiger partial charge in [-0.2, -0.15) is 0 Å². The van der Waals surface area contributed by atoms with E-state index in [-0.39, 0.29) is 36.2 Å². The number of aliphatic carboxylic acids is 1. The number of benzene rings is 2. The number of carbonyl (C=O) groups is 4. The zero-order valence-corrected chi connectivity index (χ0v) is 25.6. The zero-order valence-electron chi connectivity index (χ0n) is 25.6. The number of urea groups is 2. The van der Waals surface area contributed by atoms with Gasteiger partial charge < -0.3 is 30.7 Å². The maximum Gasteiger partial charge on any atom is 0.335 e. The standard InChI is InChI=1S/C32H39F2N5O6/c1-19(2)29(40)36-23-7-4-6-21(16-23)20-10-14-38(15-11-20)13-5-12-35-31(43)39-28(22-8-9-24(33)25(34)17-22)27(30(41)42)26(18-45-3)37-32(39)44/h4,6-9,16-17,19-20,28H,5,10-15,18H2,1-3H3,(H,35,43)(H,36,40)(H,37,44)(H,41,42)/t28-/m0/s1. The highest BCUT2D eigenvalue weighted by Crippen LogP contribution is 2.35. The number of likely N-dealkylation sites (tertiary alicyclic amines) is 1. The predicted octanol–water partition coefficient (Wildman–Crippen LogP) is 4.59. The molecule has 0 bridgehead atoms. The molecule has 242 valence electrons. The van der Waals surface area contributed by atoms with E-state index < -0.39 is 41.3 Å². The van der Waals surface area contributed by atoms with E-state index in [0.717, 1.165) is 49.8 Å². The number of carboxylic acid groups (broad SMARTS) is 1. The fourth-order valence-corrected chi connectivity index (χ4v) is 5.61. The molecule has 0 spiro atoms. The summed E-state index contributed by atoms with van der Waals surface area (Å²) in [5, 5.41) is 18.0. The Bertz CT molecular complexity index is 1460. The van der Waals surface area contributed by atoms with Crippen molar-refractivity contribution in [3.8, 4) is 0 Å². The van der Waals surface area contributed by atoms with E-state index in [1.165, 1.54) is 12.7 Å². The molecule has 0 unspecified atom stereocenters. The summed E-state index contributed by atoms with van der Waals surface area (Å²) in [7, 11) is 1.31. The second-order valence-corrected chi connectivity index (χ2v) is 11.5. The number of rotatable bonds is 11. The lowest BCUT2D eigenvalue weighted by molar-refractivity contribution is -0.133. The fraction of sp³-hybridized carbons (Fsp3) is 0.438. The van der Waals surface area contributed by atoms with Crippen LogP contribution in [-0.4, -0.2) is 78.7 Å². The molecule has 2 heterocycles. The molecule has 5 amide bonds. The summed E-state index contributed by atoms with van der Waals surface area (Å²) in [6.07, 6.45) is 2.44. The van der Waals surface area contributed by atoms with Gasteiger partial charge in [0.2, 0.25) is 5.91 Å². The van der Waals surface area contributed by atoms with Gasteiger partial charge in [0.25, 0.3) is 0 Å². The molecule has 4 N–H and O–H groups in total. The lowest BCUT2D eigenvalue weighted by atomic mass is 9.89. The highest BCUT2D eigenvalue weighted by molar-refractivity contribution is 6.01. The largest absolute Gasteiger partial charge is 0.478 e. The van der Waals surface area contributed by atoms with Gasteiger partial charge in [0, 0.05) is 25.3 Å². The smallest absolute Gasteiger partial charge is 0.335 e. The summed E-state index contributed by atoms with van der Waals surface area (Å²) >= 11 is 0. The molecule has 4 rings (SSSR count). The topological polar surface area (TPSA) is 140 Å². The average Bonchev–Trinajstić information content (AvgIpc) is 3.00. The molecule has 0 saturated carbocycles. The Hall–Kier alpha value is -4.36. The van der Waals surface area contributed by atoms with Crippen LogP contribution in [0, 0.1) is 17.6 Å². The van der Waals surface area contributed by atoms with Crippen LogP contribution in [0.2, 0.25) is 0 Å². The quantitative estimate of drug-likeness (QED) is 0.267. The van der Waals surface area contributed by atoms with Crippen LogP contribution in [0.25, 0.3) is 0 Å². The Labute approximate surface area is 260 Å². The number of carboxylic acids is 1. The van der Waals surface area contributed by atoms with E-state index in [9.17, 15) is 33.1 Å². The van der Waals surface area contributed by atoms with Gasteiger partial charge in [-0.15, -0.1) is 0 Å². The van der Waals surface area contributed by atoms with Crippen molar-refractivity contribution in [1.29, 1.82) is 0 Å². The fourth-order valence-electron chi connectivity index (χ4n) is 5.61. The average molecular weight is 628 g/mol. The molecule has 2 aromatic carbocycles. The van der Waals surface area contributed by atoms with Gasteiger partial charge in [0.05, 0.1) is 17.9 Å². The van der Waals surface area contributed by atoms with E-state index in [0.29, 0.717) is 23.8 Å². The van der Waals surface area contributed by atoms with Crippen molar-refractivity contribution in [1.82, 2.24) is 20.4 Å². The molecule has 45 heavy (non-hydrogen) atoms. The molecule has 2 aliphatic heterocycles. The number of halogens is 2. The van der Waals surface area contributed by atoms with Crippen molar-refractivity contribution in [3.05, 3.63) is 76.5 Å². The number of ether oxygens (including phenoxy) is 1. The Morgan fingerprint density at radius 3 is 2.44 bits per heavy atom. The number of piperidine rings is 1. The normalized spacial score (nSPS) is 17.8. The molecule has 0 radical (unpaired) electrons. The van der Waals surface area contributed by atoms with Crippen LogP contribution in [0.1, 0.15) is 56.2 Å². The minimum atomic E-state index is -1.52. The van der Waals surface area contributed by atoms with Gasteiger partial charge in [-0.05, 0) is 80.2 Å². The Morgan fingerprint density at radius 2 is 1.80 bits per heavy atom. The first kappa shape index (κ1) is 33.5. The number of carbonyl (C=O) groups excluding carboxylic acids is 3. The van der Waals surface area contributed by atoms with Crippen LogP contribution in [0.15, 0.2) is 53.7 Å². The molecule has 2 aliphatic rings. The van der Waals surface area contributed by atoms with E-state index in [1.807, 2.05) is 32.0 Å². The van der Waals surface area contributed by atoms with Gasteiger partial charge in [-0.25, -0.2) is 28.1 Å². The summed E-state index contributed by atoms with van der Waals surface area (Å²) < 4.78 is 32.9. The first-order valence-corrected chi connectivity index (χ1v) is 14.9. The third kappa shape index (κ3) is 8.22. The first-order valence-electron chi connectivity index (χ1n) is 14.9. The molecule has 1 atom stereocenters. The lowest BCUT2D eigenvalue weighted by Gasteiger charge is -2.36. The molecule has 11 nitrogen and oxygen atoms in total. The number of amides is 5. The minimum Gasteiger partial charge on any atom is -0.478 e. The van der Waals surface area contributed by atoms with Crippen molar-refractivity contribution in [2.75, 3.05) is 45.2 Å². The predicted molar refractivity (Wildman–Crippen MR) is 162 cm³/mol. The Kier molecular flexibility index (Phi) is 11.2. The second kappa shape index (κ2) is 15.1. The maximum absolute atomic E-state index is 14.2. The van der Waals surface area contributed by atoms with Crippen LogP contribution in [0.3, 0.4) is 0 Å². The molecule has 0 aromatic heterocycles. The number of anilines is 1. The number of hydrogen-bond donors (Lipinski definition) is 4. The van der Waals surface area contributed by atoms with E-state index in [4.69, 9.17) is 4.74 Å². The van der Waals surface area contributed by atoms with Gasteiger partial charge in [-0.1, -0.05) is 32.0 Å². The molecule has 2 aromatic rings. The van der Waals surface area contributed by atoms with E-state index >= 15 is 0 Å². The SMILES string of the molecule is COCC1=C(C(=O)O)[C@H](c2ccc(F)c(F)c2)N(C(=O)NCCCN2CCC(c3cccc(NC(=O)C(C)C)c3)CC2)C(=O)N1. The van der Waals surface area contributed by atoms with Gasteiger partial charge in [-0.3, -0.25) is 4.79 Å². The number of nitrogens with zero attached hydrogens (tertiary/aromatic N) is 2. The van der Waals surface area contributed by atoms with Gasteiger partial charge >= 0.3 is 18.0 Å². The van der Waals surface area contributed by atoms with Crippen LogP contribution >= 0.6 is 0 Å². The summed E-state index contributed by atoms with van der Waals surface area (Å²) in [6.45, 7) is 6.01. The van der Waals surface area contributed by atoms with Crippen molar-refractivity contribution < 1.29 is 37.8 Å². The maximum atomic E-state index is 14.2. The summed E-state index contributed by atoms with van der Waals surface area (Å²) in [5.41, 5.74) is 1.40. The molecular formula is C32H39F2N5O6. The van der Waals surface area contributed by atoms with Crippen LogP contribution in [-0.2, 0) is 14.3 Å². The zero-order chi connectivity index (χ0) is 32.7. The molecule has 13 heteroatoms. The monoisotopic (exact) mass is 627 g/mol. The summed E-state index contributed by atoms with van der Waals surface area (Å²) in [4.78, 5) is 53.6. The summed E-state index contributed by atoms with van der Waals surface area (Å²) in [6, 6.07) is 7.35. The van der Waals surface area contributed by atoms with E-state index in [2.05, 4.69) is 26.9 Å². The summed E-state index contributed by atoms with van der Waals surface area (Å²) in [5.74, 6) is -3.61. The van der Waals surface area contributed by atoms with Crippen molar-refractivity contribution in [2.24, 2.45) is 5.92 Å². The Morgan fingerprint density at radius 1 is 1.07 bits per heavy atom. The lowest BCUT2D eigenvalue weighted by Crippen LogP contribution is -2.55. The molecule has 1 fully saturated rings. The minimum absolute atomic E-state index is 0.0236. The molecule has 0 aliphatic carbocycles. The van der Waals surface area contributed by atoms with Crippen molar-refractivity contribution in [3.63, 3.8) is 0 Å². The third-order valence-electron chi connectivity index (χ3n) is 8.00. The van der Waals surface area contributed by atoms with Crippen molar-refractivity contribution in [2.45, 2.75) is 45.1 Å². The highest BCUT2D eigenvalue weighted by Gasteiger charge is 2.42. The van der Waals surface area contributed by atoms with Gasteiger partial charge in [0.15, 0.2) is 11.6 Å². The van der Waals surface area contributed by atoms with Gasteiger partial charge in [0.1, 0.15) is 6.04 Å². The number of hydrogen-bond acceptors (Lipinski definition) is 6.